The molecule has 0 aromatic heterocycles. The maximum atomic E-state index is 13.7. The third kappa shape index (κ3) is 5.87. The zero-order valence-electron chi connectivity index (χ0n) is 24.7. The van der Waals surface area contributed by atoms with Crippen molar-refractivity contribution in [3.63, 3.8) is 0 Å². The number of anilines is 3. The summed E-state index contributed by atoms with van der Waals surface area (Å²) in [6.45, 7) is 10.4. The second kappa shape index (κ2) is 12.8. The van der Waals surface area contributed by atoms with Gasteiger partial charge in [-0.1, -0.05) is 12.1 Å². The molecule has 0 aliphatic carbocycles. The molecule has 1 amide bonds. The third-order valence-corrected chi connectivity index (χ3v) is 7.25. The monoisotopic (exact) mass is 557 g/mol. The molecule has 1 fully saturated rings. The van der Waals surface area contributed by atoms with Crippen LogP contribution in [0, 0.1) is 0 Å². The molecule has 3 aromatic rings. The van der Waals surface area contributed by atoms with Crippen molar-refractivity contribution in [1.29, 1.82) is 0 Å². The maximum absolute atomic E-state index is 13.7. The van der Waals surface area contributed by atoms with E-state index in [1.54, 1.807) is 18.2 Å². The number of Topliss-reactive ketones (excluding diaryl/α,β-unsaturated/α-hetero) is 1. The van der Waals surface area contributed by atoms with Crippen LogP contribution in [0.5, 0.6) is 11.5 Å². The highest BCUT2D eigenvalue weighted by molar-refractivity contribution is 6.51. The largest absolute Gasteiger partial charge is 0.507 e. The Balaban J connectivity index is 1.91. The third-order valence-electron chi connectivity index (χ3n) is 7.25. The fraction of sp³-hybridized carbons (Fsp3) is 0.333. The summed E-state index contributed by atoms with van der Waals surface area (Å²) in [5, 5.41) is 11.7. The van der Waals surface area contributed by atoms with Crippen molar-refractivity contribution in [3.05, 3.63) is 83.4 Å². The van der Waals surface area contributed by atoms with E-state index in [1.807, 2.05) is 81.4 Å². The number of hydrogen-bond acceptors (Lipinski definition) is 7. The zero-order valence-corrected chi connectivity index (χ0v) is 24.7. The van der Waals surface area contributed by atoms with E-state index in [0.29, 0.717) is 41.5 Å². The van der Waals surface area contributed by atoms with Gasteiger partial charge in [0.25, 0.3) is 11.7 Å². The summed E-state index contributed by atoms with van der Waals surface area (Å²) in [4.78, 5) is 33.0. The second-order valence-electron chi connectivity index (χ2n) is 9.87. The molecule has 1 atom stereocenters. The summed E-state index contributed by atoms with van der Waals surface area (Å²) in [6, 6.07) is 19.5. The molecule has 8 nitrogen and oxygen atoms in total. The van der Waals surface area contributed by atoms with Crippen molar-refractivity contribution in [3.8, 4) is 11.5 Å². The number of rotatable bonds is 11. The Morgan fingerprint density at radius 1 is 0.829 bits per heavy atom. The molecule has 3 aromatic carbocycles. The van der Waals surface area contributed by atoms with E-state index < -0.39 is 17.7 Å². The average Bonchev–Trinajstić information content (AvgIpc) is 3.24. The average molecular weight is 558 g/mol. The van der Waals surface area contributed by atoms with Crippen LogP contribution in [0.3, 0.4) is 0 Å². The Kier molecular flexibility index (Phi) is 9.22. The van der Waals surface area contributed by atoms with E-state index in [9.17, 15) is 14.7 Å². The van der Waals surface area contributed by atoms with Crippen molar-refractivity contribution in [2.24, 2.45) is 0 Å². The van der Waals surface area contributed by atoms with Crippen LogP contribution < -0.4 is 24.2 Å². The Labute approximate surface area is 242 Å². The molecule has 1 aliphatic heterocycles. The van der Waals surface area contributed by atoms with Gasteiger partial charge in [-0.2, -0.15) is 0 Å². The van der Waals surface area contributed by atoms with Gasteiger partial charge in [-0.25, -0.2) is 0 Å². The molecular formula is C33H39N3O5. The van der Waals surface area contributed by atoms with E-state index >= 15 is 0 Å². The Morgan fingerprint density at radius 3 is 2.00 bits per heavy atom. The number of benzene rings is 3. The van der Waals surface area contributed by atoms with Crippen LogP contribution in [0.1, 0.15) is 44.9 Å². The molecule has 1 saturated heterocycles. The first kappa shape index (κ1) is 29.5. The van der Waals surface area contributed by atoms with Crippen molar-refractivity contribution < 1.29 is 24.2 Å². The minimum atomic E-state index is -0.841. The standard InChI is InChI=1S/C33H39N3O5/c1-7-35(8-2)24-13-11-22(12-14-24)30-29(31(37)27-20-19-26(40-9-3)21-28(27)41-10-4)32(38)33(39)36(30)25-17-15-23(16-18-25)34(5)6/h11-21,30,37H,7-10H2,1-6H3/b31-29-. The smallest absolute Gasteiger partial charge is 0.300 e. The number of hydrogen-bond donors (Lipinski definition) is 1. The van der Waals surface area contributed by atoms with E-state index in [1.165, 1.54) is 4.90 Å². The molecule has 1 unspecified atom stereocenters. The highest BCUT2D eigenvalue weighted by Gasteiger charge is 2.47. The fourth-order valence-electron chi connectivity index (χ4n) is 5.16. The summed E-state index contributed by atoms with van der Waals surface area (Å²) in [7, 11) is 3.87. The second-order valence-corrected chi connectivity index (χ2v) is 9.87. The van der Waals surface area contributed by atoms with Crippen LogP contribution in [-0.2, 0) is 9.59 Å². The molecule has 1 heterocycles. The summed E-state index contributed by atoms with van der Waals surface area (Å²) >= 11 is 0. The van der Waals surface area contributed by atoms with Gasteiger partial charge in [0, 0.05) is 50.3 Å². The molecule has 0 spiro atoms. The molecule has 1 N–H and O–H groups in total. The van der Waals surface area contributed by atoms with Crippen LogP contribution in [0.4, 0.5) is 17.1 Å². The van der Waals surface area contributed by atoms with E-state index in [2.05, 4.69) is 18.7 Å². The van der Waals surface area contributed by atoms with Gasteiger partial charge in [0.2, 0.25) is 0 Å². The number of ether oxygens (including phenoxy) is 2. The van der Waals surface area contributed by atoms with Gasteiger partial charge in [-0.15, -0.1) is 0 Å². The van der Waals surface area contributed by atoms with E-state index in [-0.39, 0.29) is 11.3 Å². The Hall–Kier alpha value is -4.46. The van der Waals surface area contributed by atoms with Crippen molar-refractivity contribution in [2.45, 2.75) is 33.7 Å². The lowest BCUT2D eigenvalue weighted by Crippen LogP contribution is -2.29. The van der Waals surface area contributed by atoms with Crippen LogP contribution in [0.15, 0.2) is 72.3 Å². The number of carbonyl (C=O) groups is 2. The van der Waals surface area contributed by atoms with Crippen molar-refractivity contribution >= 4 is 34.5 Å². The quantitative estimate of drug-likeness (QED) is 0.175. The summed E-state index contributed by atoms with van der Waals surface area (Å²) in [5.41, 5.74) is 3.60. The molecule has 8 heteroatoms. The van der Waals surface area contributed by atoms with Crippen LogP contribution in [-0.4, -0.2) is 57.2 Å². The first-order valence-corrected chi connectivity index (χ1v) is 14.1. The molecular weight excluding hydrogens is 518 g/mol. The van der Waals surface area contributed by atoms with Gasteiger partial charge in [-0.3, -0.25) is 14.5 Å². The predicted octanol–water partition coefficient (Wildman–Crippen LogP) is 6.02. The molecule has 0 saturated carbocycles. The zero-order chi connectivity index (χ0) is 29.7. The van der Waals surface area contributed by atoms with Crippen LogP contribution in [0.2, 0.25) is 0 Å². The topological polar surface area (TPSA) is 82.5 Å². The minimum Gasteiger partial charge on any atom is -0.507 e. The number of nitrogens with zero attached hydrogens (tertiary/aromatic N) is 3. The SMILES string of the molecule is CCOc1ccc(/C(O)=C2/C(=O)C(=O)N(c3ccc(N(C)C)cc3)C2c2ccc(N(CC)CC)cc2)c(OCC)c1. The normalized spacial score (nSPS) is 16.1. The van der Waals surface area contributed by atoms with Gasteiger partial charge in [0.1, 0.15) is 17.3 Å². The summed E-state index contributed by atoms with van der Waals surface area (Å²) < 4.78 is 11.4. The van der Waals surface area contributed by atoms with E-state index in [4.69, 9.17) is 9.47 Å². The Bertz CT molecular complexity index is 1410. The molecule has 0 bridgehead atoms. The number of ketones is 1. The lowest BCUT2D eigenvalue weighted by atomic mass is 9.94. The minimum absolute atomic E-state index is 0.00684. The fourth-order valence-corrected chi connectivity index (χ4v) is 5.16. The lowest BCUT2D eigenvalue weighted by Gasteiger charge is -2.27. The first-order chi connectivity index (χ1) is 19.7. The van der Waals surface area contributed by atoms with Crippen LogP contribution in [0.25, 0.3) is 5.76 Å². The van der Waals surface area contributed by atoms with Gasteiger partial charge >= 0.3 is 0 Å². The number of aliphatic hydroxyl groups excluding tert-OH is 1. The van der Waals surface area contributed by atoms with Crippen LogP contribution >= 0.6 is 0 Å². The van der Waals surface area contributed by atoms with Crippen molar-refractivity contribution in [1.82, 2.24) is 0 Å². The predicted molar refractivity (Wildman–Crippen MR) is 164 cm³/mol. The van der Waals surface area contributed by atoms with Gasteiger partial charge in [-0.05, 0) is 81.8 Å². The number of amides is 1. The van der Waals surface area contributed by atoms with Crippen molar-refractivity contribution in [2.75, 3.05) is 55.1 Å². The van der Waals surface area contributed by atoms with Gasteiger partial charge < -0.3 is 24.4 Å². The first-order valence-electron chi connectivity index (χ1n) is 14.1. The molecule has 216 valence electrons. The molecule has 4 rings (SSSR count). The number of carbonyl (C=O) groups excluding carboxylic acids is 2. The molecule has 0 radical (unpaired) electrons. The highest BCUT2D eigenvalue weighted by Crippen LogP contribution is 2.44. The summed E-state index contributed by atoms with van der Waals surface area (Å²) in [5.74, 6) is -0.801. The molecule has 41 heavy (non-hydrogen) atoms. The molecule has 1 aliphatic rings. The Morgan fingerprint density at radius 2 is 1.44 bits per heavy atom. The summed E-state index contributed by atoms with van der Waals surface area (Å²) in [6.07, 6.45) is 0. The van der Waals surface area contributed by atoms with Gasteiger partial charge in [0.15, 0.2) is 0 Å². The highest BCUT2D eigenvalue weighted by atomic mass is 16.5. The van der Waals surface area contributed by atoms with E-state index in [0.717, 1.165) is 24.5 Å². The lowest BCUT2D eigenvalue weighted by molar-refractivity contribution is -0.132. The van der Waals surface area contributed by atoms with Gasteiger partial charge in [0.05, 0.1) is 30.4 Å². The maximum Gasteiger partial charge on any atom is 0.300 e. The number of aliphatic hydroxyl groups is 1.